The lowest BCUT2D eigenvalue weighted by Crippen LogP contribution is -2.42. The maximum absolute atomic E-state index is 12.6. The first-order valence-corrected chi connectivity index (χ1v) is 9.74. The molecule has 0 atom stereocenters. The summed E-state index contributed by atoms with van der Waals surface area (Å²) in [5, 5.41) is 0.544. The van der Waals surface area contributed by atoms with Gasteiger partial charge in [-0.25, -0.2) is 9.97 Å². The van der Waals surface area contributed by atoms with Crippen molar-refractivity contribution in [1.82, 2.24) is 14.9 Å². The quantitative estimate of drug-likeness (QED) is 0.633. The molecule has 0 aliphatic carbocycles. The smallest absolute Gasteiger partial charge is 0.281 e. The van der Waals surface area contributed by atoms with E-state index in [4.69, 9.17) is 0 Å². The summed E-state index contributed by atoms with van der Waals surface area (Å²) < 4.78 is 0. The van der Waals surface area contributed by atoms with Crippen molar-refractivity contribution in [1.29, 1.82) is 0 Å². The number of nitrogens with zero attached hydrogens (tertiary/aromatic N) is 7. The summed E-state index contributed by atoms with van der Waals surface area (Å²) in [5.74, 6) is 0.129. The van der Waals surface area contributed by atoms with E-state index < -0.39 is 5.91 Å². The number of anilines is 1. The Morgan fingerprint density at radius 2 is 1.84 bits per heavy atom. The Balaban J connectivity index is 1.67. The molecule has 0 radical (unpaired) electrons. The maximum atomic E-state index is 12.6. The molecule has 6 rings (SSSR count). The molecule has 1 aromatic carbocycles. The molecule has 4 bridgehead atoms. The van der Waals surface area contributed by atoms with Crippen LogP contribution in [0.1, 0.15) is 12.0 Å². The number of carbonyl (C=O) groups excluding carboxylic acids is 2. The van der Waals surface area contributed by atoms with Crippen molar-refractivity contribution in [3.05, 3.63) is 71.5 Å². The van der Waals surface area contributed by atoms with Crippen molar-refractivity contribution >= 4 is 41.3 Å². The number of hydrogen-bond acceptors (Lipinski definition) is 7. The zero-order chi connectivity index (χ0) is 21.2. The van der Waals surface area contributed by atoms with E-state index in [9.17, 15) is 9.59 Å². The summed E-state index contributed by atoms with van der Waals surface area (Å²) in [6, 6.07) is 7.44. The zero-order valence-corrected chi connectivity index (χ0v) is 16.4. The standard InChI is InChI=1S/C22H17N7O2/c30-18-5-2-6-23-12-15-3-1-4-16(11-15)24-13-17-19-20(27-22(17)31)25-14-26-21(19)29-9-7-28(18)8-10-29/h1-4,6-7,9,11-14H,5,8,10H2/b6-2-,23-12-,24-13-. The number of benzene rings is 1. The molecule has 5 heterocycles. The Labute approximate surface area is 177 Å². The second-order valence-corrected chi connectivity index (χ2v) is 7.03. The molecule has 31 heavy (non-hydrogen) atoms. The van der Waals surface area contributed by atoms with Crippen LogP contribution in [0.4, 0.5) is 11.5 Å². The first-order chi connectivity index (χ1) is 15.2. The Morgan fingerprint density at radius 1 is 0.968 bits per heavy atom. The topological polar surface area (TPSA) is 103 Å². The molecule has 0 unspecified atom stereocenters. The lowest BCUT2D eigenvalue weighted by Gasteiger charge is -2.29. The zero-order valence-electron chi connectivity index (χ0n) is 16.4. The van der Waals surface area contributed by atoms with Gasteiger partial charge in [0, 0.05) is 50.5 Å². The summed E-state index contributed by atoms with van der Waals surface area (Å²) in [6.45, 7) is 1.01. The van der Waals surface area contributed by atoms with E-state index in [2.05, 4.69) is 24.9 Å². The summed E-state index contributed by atoms with van der Waals surface area (Å²) in [4.78, 5) is 49.9. The highest BCUT2D eigenvalue weighted by molar-refractivity contribution is 6.36. The van der Waals surface area contributed by atoms with Crippen molar-refractivity contribution in [3.63, 3.8) is 0 Å². The lowest BCUT2D eigenvalue weighted by molar-refractivity contribution is -0.127. The predicted molar refractivity (Wildman–Crippen MR) is 115 cm³/mol. The average Bonchev–Trinajstić information content (AvgIpc) is 3.12. The van der Waals surface area contributed by atoms with Gasteiger partial charge in [0.25, 0.3) is 5.91 Å². The fourth-order valence-corrected chi connectivity index (χ4v) is 3.49. The Bertz CT molecular complexity index is 1320. The number of fused-ring (bicyclic) bond motifs is 4. The SMILES string of the molecule is O=C1N=c2ncnc3c2=C1/C=N\c1cccc(c1)/C=N\C=C/CC(=O)N1C=CN3CC1. The van der Waals surface area contributed by atoms with Gasteiger partial charge in [0.05, 0.1) is 16.5 Å². The summed E-state index contributed by atoms with van der Waals surface area (Å²) in [5.41, 5.74) is 2.18. The lowest BCUT2D eigenvalue weighted by atomic mass is 10.2. The van der Waals surface area contributed by atoms with Crippen molar-refractivity contribution in [2.75, 3.05) is 18.0 Å². The highest BCUT2D eigenvalue weighted by Gasteiger charge is 2.23. The summed E-state index contributed by atoms with van der Waals surface area (Å²) in [7, 11) is 0. The number of aromatic nitrogens is 2. The van der Waals surface area contributed by atoms with Gasteiger partial charge >= 0.3 is 0 Å². The van der Waals surface area contributed by atoms with E-state index in [0.717, 1.165) is 5.56 Å². The molecule has 9 heteroatoms. The minimum atomic E-state index is -0.407. The van der Waals surface area contributed by atoms with Gasteiger partial charge in [-0.15, -0.1) is 0 Å². The molecule has 1 aromatic heterocycles. The normalized spacial score (nSPS) is 20.7. The molecule has 2 amide bonds. The second-order valence-electron chi connectivity index (χ2n) is 7.03. The highest BCUT2D eigenvalue weighted by atomic mass is 16.2. The molecular formula is C22H17N7O2. The van der Waals surface area contributed by atoms with Crippen LogP contribution in [-0.4, -0.2) is 52.2 Å². The van der Waals surface area contributed by atoms with Crippen LogP contribution in [0.2, 0.25) is 0 Å². The van der Waals surface area contributed by atoms with Gasteiger partial charge in [0.15, 0.2) is 5.49 Å². The van der Waals surface area contributed by atoms with Crippen LogP contribution in [0.15, 0.2) is 70.2 Å². The van der Waals surface area contributed by atoms with E-state index in [1.807, 2.05) is 29.2 Å². The van der Waals surface area contributed by atoms with Crippen LogP contribution in [0, 0.1) is 0 Å². The molecule has 0 saturated carbocycles. The molecule has 0 fully saturated rings. The van der Waals surface area contributed by atoms with Crippen LogP contribution in [0.3, 0.4) is 0 Å². The van der Waals surface area contributed by atoms with Crippen LogP contribution < -0.4 is 15.6 Å². The van der Waals surface area contributed by atoms with Crippen molar-refractivity contribution in [2.45, 2.75) is 6.42 Å². The number of rotatable bonds is 0. The number of carbonyl (C=O) groups is 2. The van der Waals surface area contributed by atoms with Gasteiger partial charge in [-0.05, 0) is 17.7 Å². The van der Waals surface area contributed by atoms with Crippen molar-refractivity contribution in [2.24, 2.45) is 15.0 Å². The van der Waals surface area contributed by atoms with E-state index >= 15 is 0 Å². The van der Waals surface area contributed by atoms with Crippen molar-refractivity contribution < 1.29 is 9.59 Å². The van der Waals surface area contributed by atoms with Gasteiger partial charge in [-0.2, -0.15) is 4.99 Å². The second kappa shape index (κ2) is 7.86. The van der Waals surface area contributed by atoms with E-state index in [1.54, 1.807) is 35.8 Å². The fourth-order valence-electron chi connectivity index (χ4n) is 3.49. The third kappa shape index (κ3) is 3.68. The first-order valence-electron chi connectivity index (χ1n) is 9.74. The molecule has 0 saturated heterocycles. The maximum Gasteiger partial charge on any atom is 0.281 e. The minimum absolute atomic E-state index is 0.0251. The Kier molecular flexibility index (Phi) is 4.75. The fraction of sp³-hybridized carbons (Fsp3) is 0.136. The monoisotopic (exact) mass is 411 g/mol. The van der Waals surface area contributed by atoms with E-state index in [-0.39, 0.29) is 12.3 Å². The van der Waals surface area contributed by atoms with Crippen LogP contribution >= 0.6 is 0 Å². The average molecular weight is 411 g/mol. The van der Waals surface area contributed by atoms with Gasteiger partial charge in [0.2, 0.25) is 5.91 Å². The van der Waals surface area contributed by atoms with Crippen LogP contribution in [0.25, 0.3) is 5.57 Å². The Hall–Kier alpha value is -4.27. The highest BCUT2D eigenvalue weighted by Crippen LogP contribution is 2.16. The number of amides is 2. The minimum Gasteiger partial charge on any atom is -0.329 e. The number of hydrogen-bond donors (Lipinski definition) is 0. The summed E-state index contributed by atoms with van der Waals surface area (Å²) >= 11 is 0. The molecule has 152 valence electrons. The van der Waals surface area contributed by atoms with Gasteiger partial charge in [-0.3, -0.25) is 19.6 Å². The van der Waals surface area contributed by atoms with Crippen LogP contribution in [0.5, 0.6) is 0 Å². The molecule has 4 aliphatic rings. The van der Waals surface area contributed by atoms with Crippen LogP contribution in [-0.2, 0) is 9.59 Å². The van der Waals surface area contributed by atoms with E-state index in [0.29, 0.717) is 40.9 Å². The van der Waals surface area contributed by atoms with Gasteiger partial charge in [0.1, 0.15) is 12.1 Å². The largest absolute Gasteiger partial charge is 0.329 e. The third-order valence-electron chi connectivity index (χ3n) is 5.04. The molecule has 2 aromatic rings. The predicted octanol–water partition coefficient (Wildman–Crippen LogP) is 0.646. The van der Waals surface area contributed by atoms with Crippen molar-refractivity contribution in [3.8, 4) is 0 Å². The molecule has 0 N–H and O–H groups in total. The Morgan fingerprint density at radius 3 is 2.71 bits per heavy atom. The molecule has 4 aliphatic heterocycles. The van der Waals surface area contributed by atoms with Gasteiger partial charge < -0.3 is 9.80 Å². The third-order valence-corrected chi connectivity index (χ3v) is 5.04. The molecule has 0 spiro atoms. The molecular weight excluding hydrogens is 394 g/mol. The van der Waals surface area contributed by atoms with E-state index in [1.165, 1.54) is 12.5 Å². The number of aliphatic imine (C=N–C) groups is 2. The molecule has 9 nitrogen and oxygen atoms in total. The summed E-state index contributed by atoms with van der Waals surface area (Å²) in [6.07, 6.45) is 11.7. The first kappa shape index (κ1) is 18.7. The van der Waals surface area contributed by atoms with Gasteiger partial charge in [-0.1, -0.05) is 18.2 Å².